The molecular formula is C20H18F3N3O5S. The summed E-state index contributed by atoms with van der Waals surface area (Å²) < 4.78 is 65.1. The summed E-state index contributed by atoms with van der Waals surface area (Å²) in [5.74, 6) is -0.859. The molecule has 1 unspecified atom stereocenters. The van der Waals surface area contributed by atoms with Gasteiger partial charge in [-0.05, 0) is 30.3 Å². The molecule has 0 spiro atoms. The number of anilines is 1. The summed E-state index contributed by atoms with van der Waals surface area (Å²) >= 11 is 0. The Bertz CT molecular complexity index is 1240. The molecule has 1 aromatic heterocycles. The lowest BCUT2D eigenvalue weighted by molar-refractivity contribution is -0.141. The van der Waals surface area contributed by atoms with Crippen LogP contribution in [0.3, 0.4) is 0 Å². The Morgan fingerprint density at radius 3 is 2.34 bits per heavy atom. The summed E-state index contributed by atoms with van der Waals surface area (Å²) in [4.78, 5) is 12.0. The van der Waals surface area contributed by atoms with Crippen LogP contribution in [0.1, 0.15) is 27.8 Å². The number of benzene rings is 2. The lowest BCUT2D eigenvalue weighted by Gasteiger charge is -2.14. The van der Waals surface area contributed by atoms with E-state index in [0.717, 1.165) is 4.68 Å². The molecule has 0 bridgehead atoms. The molecule has 0 aliphatic rings. The first kappa shape index (κ1) is 23.4. The standard InChI is InChI=1S/C20H18F3N3O5S/c1-26-15(10-18(25-26)20(21,22)23)19(29)24-12-6-8-13(9-7-12)32(30,31)17-5-3-2-4-14(17)16(28)11-27/h2-10,16,27-28H,11H2,1H3,(H,24,29). The maximum atomic E-state index is 13.0. The van der Waals surface area contributed by atoms with Crippen molar-refractivity contribution in [2.45, 2.75) is 22.1 Å². The first-order valence-corrected chi connectivity index (χ1v) is 10.6. The predicted molar refractivity (Wildman–Crippen MR) is 107 cm³/mol. The van der Waals surface area contributed by atoms with Crippen LogP contribution in [0.2, 0.25) is 0 Å². The topological polar surface area (TPSA) is 122 Å². The van der Waals surface area contributed by atoms with Crippen molar-refractivity contribution in [1.82, 2.24) is 9.78 Å². The molecular weight excluding hydrogens is 451 g/mol. The van der Waals surface area contributed by atoms with Gasteiger partial charge < -0.3 is 15.5 Å². The number of halogens is 3. The van der Waals surface area contributed by atoms with E-state index >= 15 is 0 Å². The van der Waals surface area contributed by atoms with Gasteiger partial charge >= 0.3 is 6.18 Å². The van der Waals surface area contributed by atoms with Crippen LogP contribution < -0.4 is 5.32 Å². The second-order valence-corrected chi connectivity index (χ2v) is 8.67. The number of sulfone groups is 1. The van der Waals surface area contributed by atoms with E-state index in [0.29, 0.717) is 6.07 Å². The average molecular weight is 469 g/mol. The Kier molecular flexibility index (Phi) is 6.39. The Balaban J connectivity index is 1.85. The molecule has 0 saturated heterocycles. The zero-order valence-electron chi connectivity index (χ0n) is 16.5. The molecule has 1 atom stereocenters. The van der Waals surface area contributed by atoms with Gasteiger partial charge in [-0.3, -0.25) is 9.48 Å². The van der Waals surface area contributed by atoms with Gasteiger partial charge in [-0.1, -0.05) is 18.2 Å². The number of nitrogens with zero attached hydrogens (tertiary/aromatic N) is 2. The second kappa shape index (κ2) is 8.73. The number of amides is 1. The summed E-state index contributed by atoms with van der Waals surface area (Å²) in [5.41, 5.74) is -1.37. The third-order valence-electron chi connectivity index (χ3n) is 4.57. The summed E-state index contributed by atoms with van der Waals surface area (Å²) in [6.45, 7) is -0.665. The average Bonchev–Trinajstić information content (AvgIpc) is 3.16. The first-order valence-electron chi connectivity index (χ1n) is 9.10. The number of aliphatic hydroxyl groups excluding tert-OH is 2. The number of alkyl halides is 3. The Labute approximate surface area is 180 Å². The second-order valence-electron chi connectivity index (χ2n) is 6.75. The van der Waals surface area contributed by atoms with E-state index in [1.165, 1.54) is 55.6 Å². The van der Waals surface area contributed by atoms with E-state index < -0.39 is 40.3 Å². The molecule has 3 rings (SSSR count). The zero-order chi connectivity index (χ0) is 23.7. The van der Waals surface area contributed by atoms with Gasteiger partial charge in [0.25, 0.3) is 5.91 Å². The molecule has 0 fully saturated rings. The minimum absolute atomic E-state index is 0.0315. The van der Waals surface area contributed by atoms with Crippen LogP contribution in [0.5, 0.6) is 0 Å². The molecule has 32 heavy (non-hydrogen) atoms. The number of carbonyl (C=O) groups excluding carboxylic acids is 1. The molecule has 3 N–H and O–H groups in total. The number of rotatable bonds is 6. The smallest absolute Gasteiger partial charge is 0.393 e. The number of aliphatic hydroxyl groups is 2. The highest BCUT2D eigenvalue weighted by Crippen LogP contribution is 2.30. The Morgan fingerprint density at radius 2 is 1.78 bits per heavy atom. The molecule has 12 heteroatoms. The van der Waals surface area contributed by atoms with Crippen LogP contribution in [-0.4, -0.2) is 40.9 Å². The highest BCUT2D eigenvalue weighted by atomic mass is 32.2. The highest BCUT2D eigenvalue weighted by molar-refractivity contribution is 7.91. The molecule has 8 nitrogen and oxygen atoms in total. The molecule has 0 saturated carbocycles. The summed E-state index contributed by atoms with van der Waals surface area (Å²) in [6.07, 6.45) is -6.09. The molecule has 0 aliphatic heterocycles. The third-order valence-corrected chi connectivity index (χ3v) is 6.41. The molecule has 2 aromatic carbocycles. The summed E-state index contributed by atoms with van der Waals surface area (Å²) in [6, 6.07) is 11.2. The fourth-order valence-corrected chi connectivity index (χ4v) is 4.48. The van der Waals surface area contributed by atoms with Crippen molar-refractivity contribution in [2.75, 3.05) is 11.9 Å². The monoisotopic (exact) mass is 469 g/mol. The van der Waals surface area contributed by atoms with Gasteiger partial charge in [0, 0.05) is 24.4 Å². The fourth-order valence-electron chi connectivity index (χ4n) is 2.96. The summed E-state index contributed by atoms with van der Waals surface area (Å²) in [7, 11) is -2.87. The Morgan fingerprint density at radius 1 is 1.16 bits per heavy atom. The third kappa shape index (κ3) is 4.66. The van der Waals surface area contributed by atoms with Gasteiger partial charge in [-0.15, -0.1) is 0 Å². The van der Waals surface area contributed by atoms with Gasteiger partial charge in [-0.2, -0.15) is 18.3 Å². The van der Waals surface area contributed by atoms with Crippen LogP contribution in [0.4, 0.5) is 18.9 Å². The van der Waals surface area contributed by atoms with E-state index in [4.69, 9.17) is 0 Å². The molecule has 3 aromatic rings. The zero-order valence-corrected chi connectivity index (χ0v) is 17.4. The number of hydrogen-bond donors (Lipinski definition) is 3. The molecule has 0 radical (unpaired) electrons. The summed E-state index contributed by atoms with van der Waals surface area (Å²) in [5, 5.41) is 24.7. The van der Waals surface area contributed by atoms with Crippen LogP contribution >= 0.6 is 0 Å². The van der Waals surface area contributed by atoms with Gasteiger partial charge in [0.05, 0.1) is 16.4 Å². The van der Waals surface area contributed by atoms with Crippen LogP contribution in [0.15, 0.2) is 64.4 Å². The van der Waals surface area contributed by atoms with Crippen molar-refractivity contribution in [1.29, 1.82) is 0 Å². The lowest BCUT2D eigenvalue weighted by Crippen LogP contribution is -2.16. The molecule has 1 amide bonds. The Hall–Kier alpha value is -3.22. The van der Waals surface area contributed by atoms with Crippen molar-refractivity contribution in [3.8, 4) is 0 Å². The van der Waals surface area contributed by atoms with Crippen molar-refractivity contribution >= 4 is 21.4 Å². The van der Waals surface area contributed by atoms with Crippen LogP contribution in [-0.2, 0) is 23.1 Å². The molecule has 0 aliphatic carbocycles. The lowest BCUT2D eigenvalue weighted by atomic mass is 10.1. The van der Waals surface area contributed by atoms with Crippen LogP contribution in [0, 0.1) is 0 Å². The highest BCUT2D eigenvalue weighted by Gasteiger charge is 2.35. The fraction of sp³-hybridized carbons (Fsp3) is 0.200. The number of aryl methyl sites for hydroxylation is 1. The van der Waals surface area contributed by atoms with Crippen molar-refractivity contribution in [3.05, 3.63) is 71.5 Å². The quantitative estimate of drug-likeness (QED) is 0.510. The minimum Gasteiger partial charge on any atom is -0.393 e. The first-order chi connectivity index (χ1) is 14.9. The predicted octanol–water partition coefficient (Wildman–Crippen LogP) is 2.55. The van der Waals surface area contributed by atoms with E-state index in [-0.39, 0.29) is 26.7 Å². The SMILES string of the molecule is Cn1nc(C(F)(F)F)cc1C(=O)Nc1ccc(S(=O)(=O)c2ccccc2C(O)CO)cc1. The van der Waals surface area contributed by atoms with Crippen molar-refractivity contribution in [3.63, 3.8) is 0 Å². The van der Waals surface area contributed by atoms with Gasteiger partial charge in [0.1, 0.15) is 11.8 Å². The largest absolute Gasteiger partial charge is 0.435 e. The van der Waals surface area contributed by atoms with Crippen LogP contribution in [0.25, 0.3) is 0 Å². The molecule has 1 heterocycles. The minimum atomic E-state index is -4.70. The van der Waals surface area contributed by atoms with Gasteiger partial charge in [-0.25, -0.2) is 8.42 Å². The number of carbonyl (C=O) groups is 1. The number of aromatic nitrogens is 2. The van der Waals surface area contributed by atoms with Crippen molar-refractivity contribution in [2.24, 2.45) is 7.05 Å². The number of hydrogen-bond acceptors (Lipinski definition) is 6. The van der Waals surface area contributed by atoms with E-state index in [2.05, 4.69) is 10.4 Å². The maximum Gasteiger partial charge on any atom is 0.435 e. The van der Waals surface area contributed by atoms with E-state index in [1.807, 2.05) is 0 Å². The molecule has 170 valence electrons. The van der Waals surface area contributed by atoms with E-state index in [1.54, 1.807) is 0 Å². The number of nitrogens with one attached hydrogen (secondary N) is 1. The van der Waals surface area contributed by atoms with Gasteiger partial charge in [0.2, 0.25) is 9.84 Å². The van der Waals surface area contributed by atoms with E-state index in [9.17, 15) is 36.6 Å². The maximum absolute atomic E-state index is 13.0. The normalized spacial score (nSPS) is 13.1. The van der Waals surface area contributed by atoms with Crippen molar-refractivity contribution < 1.29 is 36.6 Å². The van der Waals surface area contributed by atoms with Gasteiger partial charge in [0.15, 0.2) is 5.69 Å².